The average molecular weight is 216 g/mol. The number of rotatable bonds is 3. The molecular weight excluding hydrogens is 204 g/mol. The van der Waals surface area contributed by atoms with Crippen molar-refractivity contribution in [1.29, 1.82) is 0 Å². The Kier molecular flexibility index (Phi) is 3.10. The minimum atomic E-state index is -3.70. The van der Waals surface area contributed by atoms with Gasteiger partial charge in [0, 0.05) is 6.42 Å². The molecule has 6 heteroatoms. The Labute approximate surface area is 82.4 Å². The first-order valence-electron chi connectivity index (χ1n) is 3.94. The second kappa shape index (κ2) is 3.95. The van der Waals surface area contributed by atoms with Crippen LogP contribution in [-0.2, 0) is 16.4 Å². The molecule has 1 rings (SSSR count). The maximum Gasteiger partial charge on any atom is 0.225 e. The Morgan fingerprint density at radius 1 is 1.29 bits per heavy atom. The van der Waals surface area contributed by atoms with Crippen molar-refractivity contribution in [2.24, 2.45) is 10.9 Å². The first-order chi connectivity index (χ1) is 6.39. The van der Waals surface area contributed by atoms with E-state index >= 15 is 0 Å². The molecule has 14 heavy (non-hydrogen) atoms. The van der Waals surface area contributed by atoms with E-state index in [1.54, 1.807) is 12.1 Å². The minimum absolute atomic E-state index is 0.123. The van der Waals surface area contributed by atoms with Crippen LogP contribution in [-0.4, -0.2) is 18.9 Å². The number of hydrogen-bond acceptors (Lipinski definition) is 4. The number of hydrogen-bond donors (Lipinski definition) is 3. The van der Waals surface area contributed by atoms with Crippen molar-refractivity contribution in [3.05, 3.63) is 29.8 Å². The van der Waals surface area contributed by atoms with E-state index in [1.165, 1.54) is 12.1 Å². The van der Waals surface area contributed by atoms with E-state index in [1.807, 2.05) is 0 Å². The summed E-state index contributed by atoms with van der Waals surface area (Å²) in [6.07, 6.45) is 0.138. The summed E-state index contributed by atoms with van der Waals surface area (Å²) in [5.41, 5.74) is 6.06. The van der Waals surface area contributed by atoms with E-state index in [0.29, 0.717) is 5.56 Å². The smallest absolute Gasteiger partial charge is 0.225 e. The van der Waals surface area contributed by atoms with Gasteiger partial charge in [-0.3, -0.25) is 0 Å². The van der Waals surface area contributed by atoms with E-state index in [9.17, 15) is 8.42 Å². The van der Waals surface area contributed by atoms with Crippen LogP contribution in [0.15, 0.2) is 24.3 Å². The van der Waals surface area contributed by atoms with Crippen molar-refractivity contribution in [2.45, 2.75) is 11.8 Å². The number of benzene rings is 1. The van der Waals surface area contributed by atoms with Gasteiger partial charge in [0.1, 0.15) is 11.1 Å². The molecule has 1 atom stereocenters. The molecule has 0 unspecified atom stereocenters. The van der Waals surface area contributed by atoms with Gasteiger partial charge in [-0.05, 0) is 17.7 Å². The molecule has 0 aliphatic heterocycles. The van der Waals surface area contributed by atoms with Crippen LogP contribution in [0.1, 0.15) is 5.56 Å². The highest BCUT2D eigenvalue weighted by Crippen LogP contribution is 2.11. The number of nitrogens with two attached hydrogens (primary N) is 2. The number of phenols is 1. The second-order valence-electron chi connectivity index (χ2n) is 3.00. The molecule has 0 spiro atoms. The van der Waals surface area contributed by atoms with Crippen molar-refractivity contribution in [3.63, 3.8) is 0 Å². The number of primary sulfonamides is 1. The third-order valence-electron chi connectivity index (χ3n) is 1.80. The Morgan fingerprint density at radius 2 is 1.79 bits per heavy atom. The molecule has 0 fully saturated rings. The van der Waals surface area contributed by atoms with E-state index in [0.717, 1.165) is 0 Å². The lowest BCUT2D eigenvalue weighted by atomic mass is 10.1. The minimum Gasteiger partial charge on any atom is -0.508 e. The molecule has 0 heterocycles. The topological polar surface area (TPSA) is 106 Å². The van der Waals surface area contributed by atoms with Gasteiger partial charge >= 0.3 is 0 Å². The van der Waals surface area contributed by atoms with Crippen LogP contribution in [0, 0.1) is 0 Å². The van der Waals surface area contributed by atoms with E-state index in [2.05, 4.69) is 0 Å². The van der Waals surface area contributed by atoms with E-state index in [4.69, 9.17) is 16.0 Å². The van der Waals surface area contributed by atoms with Gasteiger partial charge in [0.25, 0.3) is 0 Å². The molecule has 0 saturated carbocycles. The Morgan fingerprint density at radius 3 is 2.21 bits per heavy atom. The molecule has 5 nitrogen and oxygen atoms in total. The molecule has 0 radical (unpaired) electrons. The Bertz CT molecular complexity index is 399. The molecule has 0 saturated heterocycles. The molecular formula is C8H12N2O3S. The van der Waals surface area contributed by atoms with Crippen molar-refractivity contribution in [2.75, 3.05) is 0 Å². The fourth-order valence-electron chi connectivity index (χ4n) is 0.980. The normalized spacial score (nSPS) is 13.9. The maximum absolute atomic E-state index is 10.8. The molecule has 0 amide bonds. The zero-order chi connectivity index (χ0) is 10.8. The second-order valence-corrected chi connectivity index (χ2v) is 4.78. The summed E-state index contributed by atoms with van der Waals surface area (Å²) in [6.45, 7) is 0. The fourth-order valence-corrected chi connectivity index (χ4v) is 1.41. The monoisotopic (exact) mass is 216 g/mol. The molecule has 0 bridgehead atoms. The lowest BCUT2D eigenvalue weighted by Gasteiger charge is -2.08. The van der Waals surface area contributed by atoms with E-state index < -0.39 is 15.4 Å². The highest BCUT2D eigenvalue weighted by Gasteiger charge is 2.16. The van der Waals surface area contributed by atoms with Gasteiger partial charge in [-0.15, -0.1) is 0 Å². The van der Waals surface area contributed by atoms with Crippen LogP contribution in [0.2, 0.25) is 0 Å². The Balaban J connectivity index is 2.75. The van der Waals surface area contributed by atoms with Crippen molar-refractivity contribution in [3.8, 4) is 5.75 Å². The maximum atomic E-state index is 10.8. The van der Waals surface area contributed by atoms with Crippen molar-refractivity contribution < 1.29 is 13.5 Å². The SMILES string of the molecule is N[C@@H](Cc1ccc(O)cc1)S(N)(=O)=O. The predicted molar refractivity (Wildman–Crippen MR) is 52.9 cm³/mol. The summed E-state index contributed by atoms with van der Waals surface area (Å²) < 4.78 is 21.6. The van der Waals surface area contributed by atoms with Crippen molar-refractivity contribution in [1.82, 2.24) is 0 Å². The molecule has 0 aliphatic rings. The molecule has 1 aromatic rings. The quantitative estimate of drug-likeness (QED) is 0.633. The molecule has 0 aliphatic carbocycles. The number of phenolic OH excluding ortho intramolecular Hbond substituents is 1. The van der Waals surface area contributed by atoms with Gasteiger partial charge in [0.15, 0.2) is 0 Å². The number of aromatic hydroxyl groups is 1. The van der Waals surface area contributed by atoms with Crippen LogP contribution in [0.5, 0.6) is 5.75 Å². The Hall–Kier alpha value is -1.11. The van der Waals surface area contributed by atoms with Gasteiger partial charge in [0.05, 0.1) is 0 Å². The third-order valence-corrected chi connectivity index (χ3v) is 2.81. The van der Waals surface area contributed by atoms with Gasteiger partial charge in [-0.1, -0.05) is 12.1 Å². The van der Waals surface area contributed by atoms with Crippen LogP contribution in [0.3, 0.4) is 0 Å². The largest absolute Gasteiger partial charge is 0.508 e. The molecule has 78 valence electrons. The van der Waals surface area contributed by atoms with Gasteiger partial charge < -0.3 is 10.8 Å². The van der Waals surface area contributed by atoms with Gasteiger partial charge in [-0.2, -0.15) is 0 Å². The summed E-state index contributed by atoms with van der Waals surface area (Å²) in [6, 6.07) is 6.12. The lowest BCUT2D eigenvalue weighted by Crippen LogP contribution is -2.37. The predicted octanol–water partition coefficient (Wildman–Crippen LogP) is -0.492. The summed E-state index contributed by atoms with van der Waals surface area (Å²) in [5.74, 6) is 0.123. The molecule has 0 aromatic heterocycles. The van der Waals surface area contributed by atoms with E-state index in [-0.39, 0.29) is 12.2 Å². The average Bonchev–Trinajstić information content (AvgIpc) is 2.07. The summed E-state index contributed by atoms with van der Waals surface area (Å²) in [5, 5.41) is 12.7. The summed E-state index contributed by atoms with van der Waals surface area (Å²) >= 11 is 0. The van der Waals surface area contributed by atoms with Crippen molar-refractivity contribution >= 4 is 10.0 Å². The van der Waals surface area contributed by atoms with Crippen LogP contribution in [0.4, 0.5) is 0 Å². The lowest BCUT2D eigenvalue weighted by molar-refractivity contribution is 0.475. The fraction of sp³-hybridized carbons (Fsp3) is 0.250. The third kappa shape index (κ3) is 2.99. The van der Waals surface area contributed by atoms with Crippen LogP contribution in [0.25, 0.3) is 0 Å². The molecule has 5 N–H and O–H groups in total. The number of sulfonamides is 1. The zero-order valence-electron chi connectivity index (χ0n) is 7.42. The van der Waals surface area contributed by atoms with Crippen LogP contribution < -0.4 is 10.9 Å². The van der Waals surface area contributed by atoms with Gasteiger partial charge in [-0.25, -0.2) is 13.6 Å². The first kappa shape index (κ1) is 11.0. The molecule has 1 aromatic carbocycles. The highest BCUT2D eigenvalue weighted by atomic mass is 32.2. The standard InChI is InChI=1S/C8H12N2O3S/c9-8(14(10,12)13)5-6-1-3-7(11)4-2-6/h1-4,8,11H,5,9H2,(H2,10,12,13)/t8-/m1/s1. The van der Waals surface area contributed by atoms with Crippen LogP contribution >= 0.6 is 0 Å². The highest BCUT2D eigenvalue weighted by molar-refractivity contribution is 7.89. The van der Waals surface area contributed by atoms with Gasteiger partial charge in [0.2, 0.25) is 10.0 Å². The first-order valence-corrected chi connectivity index (χ1v) is 5.55. The zero-order valence-corrected chi connectivity index (χ0v) is 8.24. The summed E-state index contributed by atoms with van der Waals surface area (Å²) in [4.78, 5) is 0. The summed E-state index contributed by atoms with van der Waals surface area (Å²) in [7, 11) is -3.70.